The first-order chi connectivity index (χ1) is 19.9. The third-order valence-corrected chi connectivity index (χ3v) is 11.2. The number of piperidine rings is 1. The molecule has 4 aliphatic rings. The summed E-state index contributed by atoms with van der Waals surface area (Å²) in [6.45, 7) is 15.4. The second kappa shape index (κ2) is 17.6. The maximum Gasteiger partial charge on any atom is 0.0808 e. The van der Waals surface area contributed by atoms with Gasteiger partial charge in [-0.15, -0.1) is 0 Å². The van der Waals surface area contributed by atoms with Crippen LogP contribution in [0.1, 0.15) is 150 Å². The molecule has 2 saturated heterocycles. The van der Waals surface area contributed by atoms with Crippen LogP contribution in [0.4, 0.5) is 0 Å². The first kappa shape index (κ1) is 33.3. The van der Waals surface area contributed by atoms with E-state index in [-0.39, 0.29) is 6.10 Å². The van der Waals surface area contributed by atoms with Gasteiger partial charge < -0.3 is 9.47 Å². The molecule has 3 nitrogen and oxygen atoms in total. The molecule has 41 heavy (non-hydrogen) atoms. The predicted molar refractivity (Wildman–Crippen MR) is 175 cm³/mol. The Bertz CT molecular complexity index is 798. The van der Waals surface area contributed by atoms with Gasteiger partial charge in [0.2, 0.25) is 0 Å². The zero-order valence-electron chi connectivity index (χ0n) is 27.9. The Morgan fingerprint density at radius 1 is 0.780 bits per heavy atom. The maximum atomic E-state index is 7.00. The second-order valence-electron chi connectivity index (χ2n) is 15.1. The molecule has 3 fully saturated rings. The van der Waals surface area contributed by atoms with Gasteiger partial charge in [0, 0.05) is 12.6 Å². The molecule has 1 aliphatic carbocycles. The van der Waals surface area contributed by atoms with Gasteiger partial charge in [-0.25, -0.2) is 0 Å². The Kier molecular flexibility index (Phi) is 14.3. The van der Waals surface area contributed by atoms with Crippen LogP contribution in [0.5, 0.6) is 0 Å². The van der Waals surface area contributed by atoms with Crippen LogP contribution < -0.4 is 0 Å². The lowest BCUT2D eigenvalue weighted by atomic mass is 9.85. The number of hydrogen-bond acceptors (Lipinski definition) is 3. The standard InChI is InChI=1S/C38H67NO2/c1-29-14-8-6-9-15-32(4)38(33(5)27-34-16-10-7-11-17-34)40-28-35-18-12-13-24-39(35)25-23-37-31(3)20-22-36(41-37)21-19-30(2)26-29/h14,27,30-32,34-38H,6-13,15-26,28H2,1-5H3. The van der Waals surface area contributed by atoms with E-state index in [1.807, 2.05) is 0 Å². The van der Waals surface area contributed by atoms with Crippen LogP contribution in [0.3, 0.4) is 0 Å². The van der Waals surface area contributed by atoms with E-state index in [0.29, 0.717) is 30.1 Å². The van der Waals surface area contributed by atoms with Crippen molar-refractivity contribution in [1.29, 1.82) is 0 Å². The summed E-state index contributed by atoms with van der Waals surface area (Å²) in [5.41, 5.74) is 3.11. The molecule has 0 radical (unpaired) electrons. The summed E-state index contributed by atoms with van der Waals surface area (Å²) in [5, 5.41) is 0. The van der Waals surface area contributed by atoms with Crippen LogP contribution in [-0.4, -0.2) is 49.0 Å². The smallest absolute Gasteiger partial charge is 0.0808 e. The van der Waals surface area contributed by atoms with Crippen molar-refractivity contribution in [2.75, 3.05) is 19.7 Å². The van der Waals surface area contributed by atoms with Crippen molar-refractivity contribution < 1.29 is 9.47 Å². The van der Waals surface area contributed by atoms with Crippen LogP contribution in [0.2, 0.25) is 0 Å². The minimum atomic E-state index is 0.274. The summed E-state index contributed by atoms with van der Waals surface area (Å²) in [5.74, 6) is 2.80. The van der Waals surface area contributed by atoms with E-state index < -0.39 is 0 Å². The molecule has 7 atom stereocenters. The van der Waals surface area contributed by atoms with Crippen LogP contribution in [0.15, 0.2) is 23.3 Å². The highest BCUT2D eigenvalue weighted by molar-refractivity contribution is 5.09. The summed E-state index contributed by atoms with van der Waals surface area (Å²) in [6.07, 6.45) is 30.0. The van der Waals surface area contributed by atoms with E-state index in [0.717, 1.165) is 18.4 Å². The van der Waals surface area contributed by atoms with Crippen LogP contribution in [0.25, 0.3) is 0 Å². The fourth-order valence-electron chi connectivity index (χ4n) is 8.53. The molecule has 236 valence electrons. The fraction of sp³-hybridized carbons (Fsp3) is 0.895. The Balaban J connectivity index is 1.46. The van der Waals surface area contributed by atoms with Gasteiger partial charge >= 0.3 is 0 Å². The first-order valence-electron chi connectivity index (χ1n) is 18.2. The summed E-state index contributed by atoms with van der Waals surface area (Å²) >= 11 is 0. The molecule has 3 heteroatoms. The zero-order chi connectivity index (χ0) is 29.0. The number of hydrogen-bond donors (Lipinski definition) is 0. The van der Waals surface area contributed by atoms with Crippen molar-refractivity contribution in [2.45, 2.75) is 175 Å². The van der Waals surface area contributed by atoms with E-state index in [1.54, 1.807) is 5.57 Å². The molecule has 2 bridgehead atoms. The molecule has 4 rings (SSSR count). The molecular formula is C38H67NO2. The van der Waals surface area contributed by atoms with E-state index in [1.165, 1.54) is 134 Å². The summed E-state index contributed by atoms with van der Waals surface area (Å²) in [6, 6.07) is 0.568. The van der Waals surface area contributed by atoms with E-state index in [9.17, 15) is 0 Å². The molecule has 0 aromatic carbocycles. The van der Waals surface area contributed by atoms with E-state index >= 15 is 0 Å². The molecule has 7 unspecified atom stereocenters. The largest absolute Gasteiger partial charge is 0.375 e. The molecule has 3 heterocycles. The first-order valence-corrected chi connectivity index (χ1v) is 18.2. The normalized spacial score (nSPS) is 37.4. The van der Waals surface area contributed by atoms with Crippen molar-refractivity contribution in [3.8, 4) is 0 Å². The van der Waals surface area contributed by atoms with Gasteiger partial charge in [0.05, 0.1) is 24.9 Å². The molecule has 3 aliphatic heterocycles. The van der Waals surface area contributed by atoms with Crippen LogP contribution in [-0.2, 0) is 9.47 Å². The van der Waals surface area contributed by atoms with Crippen molar-refractivity contribution >= 4 is 0 Å². The zero-order valence-corrected chi connectivity index (χ0v) is 27.9. The average molecular weight is 570 g/mol. The van der Waals surface area contributed by atoms with E-state index in [4.69, 9.17) is 9.47 Å². The Labute approximate surface area is 255 Å². The number of fused-ring (bicyclic) bond motifs is 3. The molecule has 0 aromatic rings. The lowest BCUT2D eigenvalue weighted by molar-refractivity contribution is -0.0920. The highest BCUT2D eigenvalue weighted by Crippen LogP contribution is 2.33. The van der Waals surface area contributed by atoms with Crippen LogP contribution in [0, 0.1) is 23.7 Å². The molecular weight excluding hydrogens is 502 g/mol. The second-order valence-corrected chi connectivity index (χ2v) is 15.1. The highest BCUT2D eigenvalue weighted by atomic mass is 16.5. The third-order valence-electron chi connectivity index (χ3n) is 11.2. The Morgan fingerprint density at radius 2 is 1.54 bits per heavy atom. The van der Waals surface area contributed by atoms with Crippen LogP contribution >= 0.6 is 0 Å². The maximum absolute atomic E-state index is 7.00. The topological polar surface area (TPSA) is 21.7 Å². The van der Waals surface area contributed by atoms with Gasteiger partial charge in [-0.1, -0.05) is 70.6 Å². The third kappa shape index (κ3) is 11.1. The molecule has 0 aromatic heterocycles. The quantitative estimate of drug-likeness (QED) is 0.309. The van der Waals surface area contributed by atoms with Gasteiger partial charge in [-0.3, -0.25) is 4.90 Å². The highest BCUT2D eigenvalue weighted by Gasteiger charge is 2.31. The molecule has 0 amide bonds. The Morgan fingerprint density at radius 3 is 2.37 bits per heavy atom. The average Bonchev–Trinajstić information content (AvgIpc) is 2.96. The minimum absolute atomic E-state index is 0.274. The van der Waals surface area contributed by atoms with Gasteiger partial charge in [-0.2, -0.15) is 0 Å². The van der Waals surface area contributed by atoms with E-state index in [2.05, 4.69) is 51.7 Å². The summed E-state index contributed by atoms with van der Waals surface area (Å²) in [4.78, 5) is 2.78. The number of nitrogens with zero attached hydrogens (tertiary/aromatic N) is 1. The van der Waals surface area contributed by atoms with Gasteiger partial charge in [0.1, 0.15) is 0 Å². The van der Waals surface area contributed by atoms with Gasteiger partial charge in [0.25, 0.3) is 0 Å². The Hall–Kier alpha value is -0.640. The lowest BCUT2D eigenvalue weighted by Crippen LogP contribution is -2.46. The fourth-order valence-corrected chi connectivity index (χ4v) is 8.53. The van der Waals surface area contributed by atoms with Crippen molar-refractivity contribution in [2.24, 2.45) is 23.7 Å². The monoisotopic (exact) mass is 570 g/mol. The summed E-state index contributed by atoms with van der Waals surface area (Å²) in [7, 11) is 0. The molecule has 0 N–H and O–H groups in total. The molecule has 1 saturated carbocycles. The van der Waals surface area contributed by atoms with Crippen molar-refractivity contribution in [1.82, 2.24) is 4.90 Å². The van der Waals surface area contributed by atoms with Gasteiger partial charge in [0.15, 0.2) is 0 Å². The molecule has 0 spiro atoms. The predicted octanol–water partition coefficient (Wildman–Crippen LogP) is 10.3. The SMILES string of the molecule is CC1=CCCCCC(C)C(C(C)=CC2CCCCC2)OCC2CCCCN2CCC2OC(CCC(C)C1)CCC2C. The number of ether oxygens (including phenoxy) is 2. The van der Waals surface area contributed by atoms with Crippen molar-refractivity contribution in [3.05, 3.63) is 23.3 Å². The minimum Gasteiger partial charge on any atom is -0.375 e. The lowest BCUT2D eigenvalue weighted by Gasteiger charge is -2.40. The summed E-state index contributed by atoms with van der Waals surface area (Å²) < 4.78 is 13.8. The van der Waals surface area contributed by atoms with Crippen molar-refractivity contribution in [3.63, 3.8) is 0 Å². The number of rotatable bonds is 2. The number of allylic oxidation sites excluding steroid dienone is 3. The van der Waals surface area contributed by atoms with Gasteiger partial charge in [-0.05, 0) is 133 Å².